The smallest absolute Gasteiger partial charge is 0.255 e. The summed E-state index contributed by atoms with van der Waals surface area (Å²) in [5, 5.41) is 8.05. The summed E-state index contributed by atoms with van der Waals surface area (Å²) in [7, 11) is 0. The molecule has 0 bridgehead atoms. The van der Waals surface area contributed by atoms with Crippen LogP contribution < -0.4 is 16.0 Å². The van der Waals surface area contributed by atoms with Crippen LogP contribution in [0, 0.1) is 5.92 Å². The molecule has 0 aromatic heterocycles. The Labute approximate surface area is 221 Å². The summed E-state index contributed by atoms with van der Waals surface area (Å²) in [6.45, 7) is 0.404. The van der Waals surface area contributed by atoms with Crippen molar-refractivity contribution in [2.75, 3.05) is 5.32 Å². The number of carbonyl (C=O) groups excluding carboxylic acids is 5. The number of fused-ring (bicyclic) bond motifs is 1. The number of anilines is 1. The van der Waals surface area contributed by atoms with Crippen molar-refractivity contribution >= 4 is 35.7 Å². The Morgan fingerprint density at radius 3 is 2.47 bits per heavy atom. The van der Waals surface area contributed by atoms with E-state index in [-0.39, 0.29) is 36.1 Å². The van der Waals surface area contributed by atoms with Gasteiger partial charge in [0.2, 0.25) is 18.2 Å². The minimum absolute atomic E-state index is 0.101. The number of aryl methyl sites for hydroxylation is 1. The van der Waals surface area contributed by atoms with Gasteiger partial charge in [0.15, 0.2) is 0 Å². The average molecular weight is 517 g/mol. The molecule has 1 unspecified atom stereocenters. The second kappa shape index (κ2) is 11.2. The molecule has 2 heterocycles. The normalized spacial score (nSPS) is 23.0. The lowest BCUT2D eigenvalue weighted by molar-refractivity contribution is -0.136. The zero-order chi connectivity index (χ0) is 26.6. The standard InChI is InChI=1S/C29H32N4O5/c34-17-30-21-12-8-20(9-13-21)27(36)31-22-10-5-18(6-11-22)4-7-19-2-1-3-23-24(19)16-33(29(23)38)25-14-15-26(35)32-28(25)37/h1-3,8-9,12-13,17-18,22,25H,4-7,10-11,14-16H2,(H,30,34)(H,31,36)(H,32,35,37). The van der Waals surface area contributed by atoms with Gasteiger partial charge < -0.3 is 15.5 Å². The summed E-state index contributed by atoms with van der Waals surface area (Å²) in [5.41, 5.74) is 4.02. The fraction of sp³-hybridized carbons (Fsp3) is 0.414. The van der Waals surface area contributed by atoms with Crippen LogP contribution in [0.3, 0.4) is 0 Å². The lowest BCUT2D eigenvalue weighted by Gasteiger charge is -2.30. The summed E-state index contributed by atoms with van der Waals surface area (Å²) >= 11 is 0. The van der Waals surface area contributed by atoms with Crippen molar-refractivity contribution in [1.82, 2.24) is 15.5 Å². The van der Waals surface area contributed by atoms with E-state index >= 15 is 0 Å². The number of nitrogens with one attached hydrogen (secondary N) is 3. The number of amides is 5. The van der Waals surface area contributed by atoms with Crippen LogP contribution in [0.2, 0.25) is 0 Å². The van der Waals surface area contributed by atoms with Crippen molar-refractivity contribution in [2.45, 2.75) is 70.0 Å². The summed E-state index contributed by atoms with van der Waals surface area (Å²) < 4.78 is 0. The fourth-order valence-electron chi connectivity index (χ4n) is 5.89. The van der Waals surface area contributed by atoms with E-state index in [0.29, 0.717) is 42.1 Å². The van der Waals surface area contributed by atoms with Gasteiger partial charge in [-0.15, -0.1) is 0 Å². The molecule has 38 heavy (non-hydrogen) atoms. The molecule has 3 N–H and O–H groups in total. The molecule has 3 aliphatic rings. The highest BCUT2D eigenvalue weighted by atomic mass is 16.2. The Bertz CT molecular complexity index is 1250. The topological polar surface area (TPSA) is 125 Å². The van der Waals surface area contributed by atoms with Gasteiger partial charge >= 0.3 is 0 Å². The van der Waals surface area contributed by atoms with E-state index in [1.165, 1.54) is 0 Å². The molecule has 2 aromatic carbocycles. The molecule has 5 amide bonds. The molecular weight excluding hydrogens is 484 g/mol. The fourth-order valence-corrected chi connectivity index (χ4v) is 5.89. The lowest BCUT2D eigenvalue weighted by Crippen LogP contribution is -2.52. The third-order valence-corrected chi connectivity index (χ3v) is 8.06. The van der Waals surface area contributed by atoms with Gasteiger partial charge in [0.25, 0.3) is 11.8 Å². The van der Waals surface area contributed by atoms with Crippen LogP contribution in [0.15, 0.2) is 42.5 Å². The summed E-state index contributed by atoms with van der Waals surface area (Å²) in [6, 6.07) is 12.2. The minimum Gasteiger partial charge on any atom is -0.349 e. The zero-order valence-electron chi connectivity index (χ0n) is 21.2. The van der Waals surface area contributed by atoms with Crippen LogP contribution in [-0.4, -0.2) is 47.0 Å². The molecule has 1 atom stereocenters. The average Bonchev–Trinajstić information content (AvgIpc) is 3.25. The summed E-state index contributed by atoms with van der Waals surface area (Å²) in [6.07, 6.45) is 7.00. The molecule has 2 aliphatic heterocycles. The molecule has 2 fully saturated rings. The van der Waals surface area contributed by atoms with Crippen molar-refractivity contribution in [1.29, 1.82) is 0 Å². The molecule has 1 saturated carbocycles. The number of nitrogens with zero attached hydrogens (tertiary/aromatic N) is 1. The second-order valence-electron chi connectivity index (χ2n) is 10.4. The van der Waals surface area contributed by atoms with Gasteiger partial charge in [0, 0.05) is 35.8 Å². The maximum Gasteiger partial charge on any atom is 0.255 e. The van der Waals surface area contributed by atoms with Gasteiger partial charge in [-0.05, 0) is 92.3 Å². The van der Waals surface area contributed by atoms with Crippen molar-refractivity contribution in [3.63, 3.8) is 0 Å². The summed E-state index contributed by atoms with van der Waals surface area (Å²) in [4.78, 5) is 61.7. The van der Waals surface area contributed by atoms with Gasteiger partial charge in [-0.2, -0.15) is 0 Å². The molecule has 1 aliphatic carbocycles. The first-order valence-corrected chi connectivity index (χ1v) is 13.3. The number of carbonyl (C=O) groups is 5. The molecule has 198 valence electrons. The van der Waals surface area contributed by atoms with Crippen LogP contribution in [0.5, 0.6) is 0 Å². The van der Waals surface area contributed by atoms with E-state index in [9.17, 15) is 24.0 Å². The molecule has 5 rings (SSSR count). The Balaban J connectivity index is 1.12. The maximum absolute atomic E-state index is 13.1. The van der Waals surface area contributed by atoms with Crippen molar-refractivity contribution in [3.8, 4) is 0 Å². The van der Waals surface area contributed by atoms with Crippen LogP contribution >= 0.6 is 0 Å². The number of piperidine rings is 1. The SMILES string of the molecule is O=CNc1ccc(C(=O)NC2CCC(CCc3cccc4c3CN(C3CCC(=O)NC3=O)C4=O)CC2)cc1. The zero-order valence-corrected chi connectivity index (χ0v) is 21.2. The van der Waals surface area contributed by atoms with Crippen molar-refractivity contribution < 1.29 is 24.0 Å². The number of hydrogen-bond donors (Lipinski definition) is 3. The molecule has 2 aromatic rings. The number of benzene rings is 2. The Morgan fingerprint density at radius 1 is 1.00 bits per heavy atom. The van der Waals surface area contributed by atoms with Gasteiger partial charge in [0.1, 0.15) is 6.04 Å². The first-order valence-electron chi connectivity index (χ1n) is 13.3. The first kappa shape index (κ1) is 25.6. The first-order chi connectivity index (χ1) is 18.4. The van der Waals surface area contributed by atoms with Crippen LogP contribution in [-0.2, 0) is 27.3 Å². The number of hydrogen-bond acceptors (Lipinski definition) is 5. The van der Waals surface area contributed by atoms with Crippen molar-refractivity contribution in [2.24, 2.45) is 5.92 Å². The predicted octanol–water partition coefficient (Wildman–Crippen LogP) is 2.94. The van der Waals surface area contributed by atoms with Gasteiger partial charge in [-0.25, -0.2) is 0 Å². The molecule has 0 radical (unpaired) electrons. The highest BCUT2D eigenvalue weighted by Crippen LogP contribution is 2.33. The third kappa shape index (κ3) is 5.46. The van der Waals surface area contributed by atoms with E-state index in [1.807, 2.05) is 12.1 Å². The van der Waals surface area contributed by atoms with Gasteiger partial charge in [-0.1, -0.05) is 12.1 Å². The molecule has 9 nitrogen and oxygen atoms in total. The molecular formula is C29H32N4O5. The van der Waals surface area contributed by atoms with Gasteiger partial charge in [0.05, 0.1) is 0 Å². The number of imide groups is 1. The van der Waals surface area contributed by atoms with E-state index in [0.717, 1.165) is 49.7 Å². The summed E-state index contributed by atoms with van der Waals surface area (Å²) in [5.74, 6) is -0.359. The second-order valence-corrected chi connectivity index (χ2v) is 10.4. The third-order valence-electron chi connectivity index (χ3n) is 8.06. The van der Waals surface area contributed by atoms with E-state index in [4.69, 9.17) is 0 Å². The molecule has 0 spiro atoms. The molecule has 1 saturated heterocycles. The minimum atomic E-state index is -0.600. The highest BCUT2D eigenvalue weighted by molar-refractivity contribution is 6.05. The Kier molecular flexibility index (Phi) is 7.53. The Morgan fingerprint density at radius 2 is 1.76 bits per heavy atom. The van der Waals surface area contributed by atoms with Gasteiger partial charge in [-0.3, -0.25) is 29.3 Å². The largest absolute Gasteiger partial charge is 0.349 e. The van der Waals surface area contributed by atoms with Crippen molar-refractivity contribution in [3.05, 3.63) is 64.7 Å². The highest BCUT2D eigenvalue weighted by Gasteiger charge is 2.39. The van der Waals surface area contributed by atoms with E-state index in [1.54, 1.807) is 29.2 Å². The lowest BCUT2D eigenvalue weighted by atomic mass is 9.82. The van der Waals surface area contributed by atoms with E-state index in [2.05, 4.69) is 22.0 Å². The van der Waals surface area contributed by atoms with E-state index < -0.39 is 6.04 Å². The maximum atomic E-state index is 13.1. The van der Waals surface area contributed by atoms with Crippen LogP contribution in [0.4, 0.5) is 5.69 Å². The monoisotopic (exact) mass is 516 g/mol. The van der Waals surface area contributed by atoms with Crippen LogP contribution in [0.1, 0.15) is 76.8 Å². The quantitative estimate of drug-likeness (QED) is 0.368. The van der Waals surface area contributed by atoms with Crippen LogP contribution in [0.25, 0.3) is 0 Å². The number of rotatable bonds is 8. The molecule has 9 heteroatoms. The Hall–Kier alpha value is -4.01. The predicted molar refractivity (Wildman–Crippen MR) is 140 cm³/mol.